The molecule has 1 heterocycles. The van der Waals surface area contributed by atoms with Crippen molar-refractivity contribution in [3.05, 3.63) is 35.9 Å². The van der Waals surface area contributed by atoms with Crippen LogP contribution < -0.4 is 5.32 Å². The Morgan fingerprint density at radius 2 is 2.05 bits per heavy atom. The van der Waals surface area contributed by atoms with Crippen molar-refractivity contribution in [1.29, 1.82) is 0 Å². The molecule has 1 aliphatic heterocycles. The highest BCUT2D eigenvalue weighted by molar-refractivity contribution is 6.32. The zero-order valence-electron chi connectivity index (χ0n) is 11.5. The lowest BCUT2D eigenvalue weighted by Crippen LogP contribution is -2.40. The van der Waals surface area contributed by atoms with Gasteiger partial charge in [-0.2, -0.15) is 0 Å². The number of phenolic OH excluding ortho intramolecular Hbond substituents is 1. The molecule has 1 aromatic rings. The lowest BCUT2D eigenvalue weighted by atomic mass is 9.95. The number of benzene rings is 1. The Balaban J connectivity index is 1.91. The highest BCUT2D eigenvalue weighted by atomic mass is 35.5. The van der Waals surface area contributed by atoms with Gasteiger partial charge in [0.05, 0.1) is 5.02 Å². The summed E-state index contributed by atoms with van der Waals surface area (Å²) >= 11 is 5.80. The molecule has 112 valence electrons. The molecule has 0 spiro atoms. The van der Waals surface area contributed by atoms with Crippen molar-refractivity contribution in [2.24, 2.45) is 5.92 Å². The summed E-state index contributed by atoms with van der Waals surface area (Å²) in [6.45, 7) is 4.57. The second kappa shape index (κ2) is 6.63. The molecular weight excluding hydrogens is 292 g/mol. The SMILES string of the molecule is C=CC(=O)N1CCC(C(=O)Nc2ccc(O)c(Cl)c2)CC1. The van der Waals surface area contributed by atoms with Gasteiger partial charge in [0.2, 0.25) is 11.8 Å². The average molecular weight is 309 g/mol. The lowest BCUT2D eigenvalue weighted by Gasteiger charge is -2.30. The molecule has 21 heavy (non-hydrogen) atoms. The summed E-state index contributed by atoms with van der Waals surface area (Å²) in [6, 6.07) is 4.53. The van der Waals surface area contributed by atoms with Gasteiger partial charge in [0.25, 0.3) is 0 Å². The topological polar surface area (TPSA) is 69.6 Å². The molecule has 2 amide bonds. The number of amides is 2. The molecule has 2 N–H and O–H groups in total. The van der Waals surface area contributed by atoms with Crippen LogP contribution >= 0.6 is 11.6 Å². The molecular formula is C15H17ClN2O3. The fourth-order valence-corrected chi connectivity index (χ4v) is 2.50. The molecule has 0 radical (unpaired) electrons. The van der Waals surface area contributed by atoms with E-state index in [-0.39, 0.29) is 28.5 Å². The quantitative estimate of drug-likeness (QED) is 0.665. The van der Waals surface area contributed by atoms with E-state index in [2.05, 4.69) is 11.9 Å². The van der Waals surface area contributed by atoms with Gasteiger partial charge in [0, 0.05) is 24.7 Å². The van der Waals surface area contributed by atoms with Crippen molar-refractivity contribution in [3.8, 4) is 5.75 Å². The number of hydrogen-bond acceptors (Lipinski definition) is 3. The maximum absolute atomic E-state index is 12.2. The maximum atomic E-state index is 12.2. The van der Waals surface area contributed by atoms with Crippen molar-refractivity contribution >= 4 is 29.1 Å². The predicted molar refractivity (Wildman–Crippen MR) is 81.2 cm³/mol. The minimum atomic E-state index is -0.133. The van der Waals surface area contributed by atoms with Crippen molar-refractivity contribution in [3.63, 3.8) is 0 Å². The van der Waals surface area contributed by atoms with Gasteiger partial charge in [0.15, 0.2) is 0 Å². The largest absolute Gasteiger partial charge is 0.506 e. The third-order valence-corrected chi connectivity index (χ3v) is 3.87. The van der Waals surface area contributed by atoms with Crippen LogP contribution in [-0.2, 0) is 9.59 Å². The molecule has 1 aromatic carbocycles. The van der Waals surface area contributed by atoms with E-state index >= 15 is 0 Å². The molecule has 0 saturated carbocycles. The van der Waals surface area contributed by atoms with Gasteiger partial charge < -0.3 is 15.3 Å². The first-order valence-electron chi connectivity index (χ1n) is 6.72. The molecule has 0 bridgehead atoms. The third kappa shape index (κ3) is 3.76. The molecule has 0 aliphatic carbocycles. The number of likely N-dealkylation sites (tertiary alicyclic amines) is 1. The van der Waals surface area contributed by atoms with Crippen LogP contribution in [0.2, 0.25) is 5.02 Å². The van der Waals surface area contributed by atoms with Gasteiger partial charge in [-0.15, -0.1) is 0 Å². The Kier molecular flexibility index (Phi) is 4.85. The highest BCUT2D eigenvalue weighted by Gasteiger charge is 2.26. The van der Waals surface area contributed by atoms with Crippen molar-refractivity contribution in [2.75, 3.05) is 18.4 Å². The van der Waals surface area contributed by atoms with Crippen LogP contribution in [-0.4, -0.2) is 34.9 Å². The van der Waals surface area contributed by atoms with Gasteiger partial charge in [-0.1, -0.05) is 18.2 Å². The van der Waals surface area contributed by atoms with Crippen LogP contribution in [0.25, 0.3) is 0 Å². The van der Waals surface area contributed by atoms with Crippen LogP contribution in [0, 0.1) is 5.92 Å². The van der Waals surface area contributed by atoms with E-state index in [1.165, 1.54) is 18.2 Å². The smallest absolute Gasteiger partial charge is 0.245 e. The summed E-state index contributed by atoms with van der Waals surface area (Å²) < 4.78 is 0. The first kappa shape index (κ1) is 15.4. The summed E-state index contributed by atoms with van der Waals surface area (Å²) in [6.07, 6.45) is 2.54. The van der Waals surface area contributed by atoms with Gasteiger partial charge in [-0.25, -0.2) is 0 Å². The summed E-state index contributed by atoms with van der Waals surface area (Å²) in [5, 5.41) is 12.3. The second-order valence-corrected chi connectivity index (χ2v) is 5.37. The number of piperidine rings is 1. The molecule has 0 unspecified atom stereocenters. The lowest BCUT2D eigenvalue weighted by molar-refractivity contribution is -0.130. The van der Waals surface area contributed by atoms with Crippen molar-refractivity contribution < 1.29 is 14.7 Å². The number of carbonyl (C=O) groups excluding carboxylic acids is 2. The van der Waals surface area contributed by atoms with E-state index in [1.54, 1.807) is 11.0 Å². The molecule has 1 fully saturated rings. The molecule has 1 aliphatic rings. The van der Waals surface area contributed by atoms with Gasteiger partial charge in [-0.3, -0.25) is 9.59 Å². The number of nitrogens with zero attached hydrogens (tertiary/aromatic N) is 1. The highest BCUT2D eigenvalue weighted by Crippen LogP contribution is 2.27. The fraction of sp³-hybridized carbons (Fsp3) is 0.333. The number of carbonyl (C=O) groups is 2. The van der Waals surface area contributed by atoms with E-state index < -0.39 is 0 Å². The maximum Gasteiger partial charge on any atom is 0.245 e. The Bertz CT molecular complexity index is 566. The van der Waals surface area contributed by atoms with E-state index in [4.69, 9.17) is 11.6 Å². The number of phenols is 1. The molecule has 0 atom stereocenters. The normalized spacial score (nSPS) is 15.6. The number of nitrogens with one attached hydrogen (secondary N) is 1. The van der Waals surface area contributed by atoms with Crippen LogP contribution in [0.4, 0.5) is 5.69 Å². The number of halogens is 1. The van der Waals surface area contributed by atoms with Gasteiger partial charge in [0.1, 0.15) is 5.75 Å². The second-order valence-electron chi connectivity index (χ2n) is 4.96. The number of rotatable bonds is 3. The third-order valence-electron chi connectivity index (χ3n) is 3.57. The minimum absolute atomic E-state index is 0.0223. The number of hydrogen-bond donors (Lipinski definition) is 2. The van der Waals surface area contributed by atoms with Crippen LogP contribution in [0.5, 0.6) is 5.75 Å². The van der Waals surface area contributed by atoms with Crippen LogP contribution in [0.1, 0.15) is 12.8 Å². The summed E-state index contributed by atoms with van der Waals surface area (Å²) in [5.41, 5.74) is 0.549. The zero-order chi connectivity index (χ0) is 15.4. The van der Waals surface area contributed by atoms with Crippen LogP contribution in [0.3, 0.4) is 0 Å². The number of aromatic hydroxyl groups is 1. The Morgan fingerprint density at radius 1 is 1.38 bits per heavy atom. The van der Waals surface area contributed by atoms with E-state index in [9.17, 15) is 14.7 Å². The Labute approximate surface area is 128 Å². The molecule has 1 saturated heterocycles. The van der Waals surface area contributed by atoms with Gasteiger partial charge in [-0.05, 0) is 37.1 Å². The van der Waals surface area contributed by atoms with Gasteiger partial charge >= 0.3 is 0 Å². The minimum Gasteiger partial charge on any atom is -0.506 e. The monoisotopic (exact) mass is 308 g/mol. The van der Waals surface area contributed by atoms with E-state index in [0.717, 1.165) is 0 Å². The Morgan fingerprint density at radius 3 is 2.62 bits per heavy atom. The van der Waals surface area contributed by atoms with E-state index in [1.807, 2.05) is 0 Å². The predicted octanol–water partition coefficient (Wildman–Crippen LogP) is 2.41. The summed E-state index contributed by atoms with van der Waals surface area (Å²) in [4.78, 5) is 25.3. The molecule has 5 nitrogen and oxygen atoms in total. The summed E-state index contributed by atoms with van der Waals surface area (Å²) in [5.74, 6) is -0.348. The molecule has 2 rings (SSSR count). The van der Waals surface area contributed by atoms with Crippen molar-refractivity contribution in [2.45, 2.75) is 12.8 Å². The zero-order valence-corrected chi connectivity index (χ0v) is 12.3. The number of anilines is 1. The molecule has 6 heteroatoms. The average Bonchev–Trinajstić information content (AvgIpc) is 2.50. The standard InChI is InChI=1S/C15H17ClN2O3/c1-2-14(20)18-7-5-10(6-8-18)15(21)17-11-3-4-13(19)12(16)9-11/h2-4,9-10,19H,1,5-8H2,(H,17,21). The van der Waals surface area contributed by atoms with Crippen LogP contribution in [0.15, 0.2) is 30.9 Å². The first-order chi connectivity index (χ1) is 10.0. The van der Waals surface area contributed by atoms with Crippen molar-refractivity contribution in [1.82, 2.24) is 4.90 Å². The first-order valence-corrected chi connectivity index (χ1v) is 7.09. The van der Waals surface area contributed by atoms with E-state index in [0.29, 0.717) is 31.6 Å². The summed E-state index contributed by atoms with van der Waals surface area (Å²) in [7, 11) is 0. The Hall–Kier alpha value is -2.01. The molecule has 0 aromatic heterocycles. The fourth-order valence-electron chi connectivity index (χ4n) is 2.32.